The molecule has 1 aromatic heterocycles. The summed E-state index contributed by atoms with van der Waals surface area (Å²) in [5.74, 6) is 2.42. The Morgan fingerprint density at radius 3 is 2.60 bits per heavy atom. The molecule has 2 rings (SSSR count). The van der Waals surface area contributed by atoms with Gasteiger partial charge in [-0.25, -0.2) is 9.98 Å². The monoisotopic (exact) mass is 349 g/mol. The highest BCUT2D eigenvalue weighted by molar-refractivity contribution is 5.80. The van der Waals surface area contributed by atoms with Gasteiger partial charge in [0.15, 0.2) is 5.96 Å². The summed E-state index contributed by atoms with van der Waals surface area (Å²) < 4.78 is 5.83. The Morgan fingerprint density at radius 1 is 1.32 bits per heavy atom. The first-order chi connectivity index (χ1) is 11.9. The van der Waals surface area contributed by atoms with Crippen molar-refractivity contribution in [2.45, 2.75) is 71.9 Å². The average Bonchev–Trinajstić information content (AvgIpc) is 3.04. The van der Waals surface area contributed by atoms with Gasteiger partial charge in [0.2, 0.25) is 5.89 Å². The van der Waals surface area contributed by atoms with Crippen LogP contribution in [0.4, 0.5) is 0 Å². The molecule has 1 saturated heterocycles. The third-order valence-corrected chi connectivity index (χ3v) is 4.48. The number of hydrogen-bond acceptors (Lipinski definition) is 4. The highest BCUT2D eigenvalue weighted by Gasteiger charge is 2.20. The molecule has 0 atom stereocenters. The number of nitrogens with zero attached hydrogens (tertiary/aromatic N) is 3. The predicted molar refractivity (Wildman–Crippen MR) is 103 cm³/mol. The van der Waals surface area contributed by atoms with E-state index in [4.69, 9.17) is 4.42 Å². The predicted octanol–water partition coefficient (Wildman–Crippen LogP) is 2.90. The maximum Gasteiger partial charge on any atom is 0.216 e. The molecule has 1 fully saturated rings. The van der Waals surface area contributed by atoms with Crippen molar-refractivity contribution < 1.29 is 4.42 Å². The summed E-state index contributed by atoms with van der Waals surface area (Å²) in [5.41, 5.74) is -0.0236. The topological polar surface area (TPSA) is 65.7 Å². The van der Waals surface area contributed by atoms with E-state index in [2.05, 4.69) is 60.1 Å². The van der Waals surface area contributed by atoms with Crippen molar-refractivity contribution in [2.75, 3.05) is 26.2 Å². The summed E-state index contributed by atoms with van der Waals surface area (Å²) in [5, 5.41) is 6.90. The number of guanidine groups is 1. The Bertz CT molecular complexity index is 538. The molecule has 0 saturated carbocycles. The van der Waals surface area contributed by atoms with Crippen LogP contribution in [0.25, 0.3) is 0 Å². The zero-order chi connectivity index (χ0) is 18.3. The van der Waals surface area contributed by atoms with Gasteiger partial charge in [0.25, 0.3) is 0 Å². The summed E-state index contributed by atoms with van der Waals surface area (Å²) in [7, 11) is 0. The lowest BCUT2D eigenvalue weighted by atomic mass is 9.94. The summed E-state index contributed by atoms with van der Waals surface area (Å²) in [6.45, 7) is 15.5. The quantitative estimate of drug-likeness (QED) is 0.611. The van der Waals surface area contributed by atoms with E-state index >= 15 is 0 Å². The molecule has 0 aliphatic carbocycles. The van der Waals surface area contributed by atoms with E-state index in [-0.39, 0.29) is 5.41 Å². The molecule has 6 nitrogen and oxygen atoms in total. The zero-order valence-corrected chi connectivity index (χ0v) is 16.6. The molecule has 0 bridgehead atoms. The van der Waals surface area contributed by atoms with Gasteiger partial charge in [-0.15, -0.1) is 0 Å². The fourth-order valence-corrected chi connectivity index (χ4v) is 3.01. The highest BCUT2D eigenvalue weighted by atomic mass is 16.4. The molecule has 25 heavy (non-hydrogen) atoms. The minimum absolute atomic E-state index is 0.0236. The van der Waals surface area contributed by atoms with Gasteiger partial charge in [-0.3, -0.25) is 0 Å². The maximum absolute atomic E-state index is 5.83. The number of aromatic nitrogens is 1. The Kier molecular flexibility index (Phi) is 7.29. The molecule has 142 valence electrons. The number of piperidine rings is 1. The van der Waals surface area contributed by atoms with Crippen LogP contribution in [-0.4, -0.2) is 48.1 Å². The fraction of sp³-hybridized carbons (Fsp3) is 0.789. The molecule has 0 spiro atoms. The smallest absolute Gasteiger partial charge is 0.216 e. The second kappa shape index (κ2) is 9.22. The van der Waals surface area contributed by atoms with E-state index in [0.717, 1.165) is 31.1 Å². The van der Waals surface area contributed by atoms with E-state index in [9.17, 15) is 0 Å². The first-order valence-corrected chi connectivity index (χ1v) is 9.64. The minimum atomic E-state index is -0.0236. The van der Waals surface area contributed by atoms with Gasteiger partial charge in [-0.1, -0.05) is 27.7 Å². The number of oxazole rings is 1. The molecular formula is C19H35N5O. The van der Waals surface area contributed by atoms with Crippen LogP contribution in [0.2, 0.25) is 0 Å². The van der Waals surface area contributed by atoms with E-state index in [1.807, 2.05) is 6.20 Å². The average molecular weight is 350 g/mol. The van der Waals surface area contributed by atoms with E-state index in [0.29, 0.717) is 18.5 Å². The zero-order valence-electron chi connectivity index (χ0n) is 16.6. The van der Waals surface area contributed by atoms with E-state index in [1.54, 1.807) is 0 Å². The summed E-state index contributed by atoms with van der Waals surface area (Å²) >= 11 is 0. The lowest BCUT2D eigenvalue weighted by Crippen LogP contribution is -2.48. The molecule has 0 radical (unpaired) electrons. The number of hydrogen-bond donors (Lipinski definition) is 2. The fourth-order valence-electron chi connectivity index (χ4n) is 3.01. The number of rotatable bonds is 6. The Labute approximate surface area is 152 Å². The molecule has 0 aromatic carbocycles. The molecular weight excluding hydrogens is 314 g/mol. The third-order valence-electron chi connectivity index (χ3n) is 4.48. The van der Waals surface area contributed by atoms with Crippen molar-refractivity contribution in [3.05, 3.63) is 17.8 Å². The SMILES string of the molecule is CCCN1CCC(NC(=NCc2ncc(C(C)(C)C)o2)NCC)CC1. The van der Waals surface area contributed by atoms with Crippen LogP contribution in [0.3, 0.4) is 0 Å². The van der Waals surface area contributed by atoms with Crippen molar-refractivity contribution in [1.29, 1.82) is 0 Å². The van der Waals surface area contributed by atoms with Crippen molar-refractivity contribution in [3.8, 4) is 0 Å². The van der Waals surface area contributed by atoms with Gasteiger partial charge in [0, 0.05) is 31.1 Å². The third kappa shape index (κ3) is 6.34. The summed E-state index contributed by atoms with van der Waals surface area (Å²) in [4.78, 5) is 11.6. The number of aliphatic imine (C=N–C) groups is 1. The van der Waals surface area contributed by atoms with Gasteiger partial charge in [-0.05, 0) is 32.7 Å². The standard InChI is InChI=1S/C19H35N5O/c1-6-10-24-11-8-15(9-12-24)23-18(20-7-2)22-14-17-21-13-16(25-17)19(3,4)5/h13,15H,6-12,14H2,1-5H3,(H2,20,22,23). The second-order valence-electron chi connectivity index (χ2n) is 7.82. The molecule has 1 aliphatic heterocycles. The minimum Gasteiger partial charge on any atom is -0.443 e. The van der Waals surface area contributed by atoms with Gasteiger partial charge in [0.1, 0.15) is 12.3 Å². The largest absolute Gasteiger partial charge is 0.443 e. The van der Waals surface area contributed by atoms with Gasteiger partial charge in [-0.2, -0.15) is 0 Å². The molecule has 0 amide bonds. The van der Waals surface area contributed by atoms with Crippen LogP contribution in [0, 0.1) is 0 Å². The maximum atomic E-state index is 5.83. The number of nitrogens with one attached hydrogen (secondary N) is 2. The van der Waals surface area contributed by atoms with Crippen molar-refractivity contribution in [2.24, 2.45) is 4.99 Å². The van der Waals surface area contributed by atoms with Crippen molar-refractivity contribution in [1.82, 2.24) is 20.5 Å². The summed E-state index contributed by atoms with van der Waals surface area (Å²) in [6, 6.07) is 0.487. The van der Waals surface area contributed by atoms with Gasteiger partial charge in [0.05, 0.1) is 6.20 Å². The highest BCUT2D eigenvalue weighted by Crippen LogP contribution is 2.22. The lowest BCUT2D eigenvalue weighted by molar-refractivity contribution is 0.206. The van der Waals surface area contributed by atoms with E-state index in [1.165, 1.54) is 26.1 Å². The Hall–Kier alpha value is -1.56. The van der Waals surface area contributed by atoms with Crippen LogP contribution in [0.5, 0.6) is 0 Å². The molecule has 2 N–H and O–H groups in total. The molecule has 1 aliphatic rings. The number of likely N-dealkylation sites (tertiary alicyclic amines) is 1. The molecule has 6 heteroatoms. The van der Waals surface area contributed by atoms with Crippen LogP contribution < -0.4 is 10.6 Å². The van der Waals surface area contributed by atoms with Crippen LogP contribution >= 0.6 is 0 Å². The second-order valence-corrected chi connectivity index (χ2v) is 7.82. The van der Waals surface area contributed by atoms with Crippen molar-refractivity contribution in [3.63, 3.8) is 0 Å². The van der Waals surface area contributed by atoms with Crippen molar-refractivity contribution >= 4 is 5.96 Å². The molecule has 1 aromatic rings. The van der Waals surface area contributed by atoms with Crippen LogP contribution in [-0.2, 0) is 12.0 Å². The van der Waals surface area contributed by atoms with Crippen LogP contribution in [0.15, 0.2) is 15.6 Å². The first kappa shape index (κ1) is 19.8. The Balaban J connectivity index is 1.89. The molecule has 0 unspecified atom stereocenters. The lowest BCUT2D eigenvalue weighted by Gasteiger charge is -2.32. The van der Waals surface area contributed by atoms with Gasteiger partial charge >= 0.3 is 0 Å². The Morgan fingerprint density at radius 2 is 2.04 bits per heavy atom. The molecule has 2 heterocycles. The van der Waals surface area contributed by atoms with Gasteiger partial charge < -0.3 is 20.0 Å². The first-order valence-electron chi connectivity index (χ1n) is 9.64. The summed E-state index contributed by atoms with van der Waals surface area (Å²) in [6.07, 6.45) is 5.37. The van der Waals surface area contributed by atoms with Crippen LogP contribution in [0.1, 0.15) is 65.5 Å². The normalized spacial score (nSPS) is 17.7. The van der Waals surface area contributed by atoms with E-state index < -0.39 is 0 Å².